The summed E-state index contributed by atoms with van der Waals surface area (Å²) in [7, 11) is 1.99. The third-order valence-corrected chi connectivity index (χ3v) is 5.45. The lowest BCUT2D eigenvalue weighted by Crippen LogP contribution is -2.32. The first-order valence-corrected chi connectivity index (χ1v) is 8.84. The van der Waals surface area contributed by atoms with E-state index in [1.165, 1.54) is 32.1 Å². The van der Waals surface area contributed by atoms with Crippen LogP contribution in [0.5, 0.6) is 0 Å². The highest BCUT2D eigenvalue weighted by atomic mass is 32.2. The smallest absolute Gasteiger partial charge is 0.228 e. The lowest BCUT2D eigenvalue weighted by atomic mass is 10.0. The maximum Gasteiger partial charge on any atom is 0.228 e. The predicted molar refractivity (Wildman–Crippen MR) is 83.9 cm³/mol. The fourth-order valence-corrected chi connectivity index (χ4v) is 3.88. The Bertz CT molecular complexity index is 388. The van der Waals surface area contributed by atoms with Gasteiger partial charge >= 0.3 is 0 Å². The molecule has 1 aliphatic carbocycles. The lowest BCUT2D eigenvalue weighted by molar-refractivity contribution is 0.333. The van der Waals surface area contributed by atoms with Crippen molar-refractivity contribution in [1.82, 2.24) is 15.5 Å². The van der Waals surface area contributed by atoms with Gasteiger partial charge in [-0.1, -0.05) is 38.3 Å². The molecule has 1 aliphatic rings. The Morgan fingerprint density at radius 2 is 2.05 bits per heavy atom. The minimum Gasteiger partial charge on any atom is -0.339 e. The summed E-state index contributed by atoms with van der Waals surface area (Å²) in [5.41, 5.74) is 0. The van der Waals surface area contributed by atoms with E-state index in [-0.39, 0.29) is 0 Å². The number of hydrogen-bond donors (Lipinski definition) is 1. The van der Waals surface area contributed by atoms with E-state index in [2.05, 4.69) is 29.3 Å². The third-order valence-electron chi connectivity index (χ3n) is 4.08. The van der Waals surface area contributed by atoms with Crippen LogP contribution in [0.25, 0.3) is 0 Å². The lowest BCUT2D eigenvalue weighted by Gasteiger charge is -2.20. The molecule has 20 heavy (non-hydrogen) atoms. The highest BCUT2D eigenvalue weighted by Crippen LogP contribution is 2.29. The Balaban J connectivity index is 1.79. The number of nitrogens with zero attached hydrogens (tertiary/aromatic N) is 2. The quantitative estimate of drug-likeness (QED) is 0.835. The molecule has 1 aromatic rings. The van der Waals surface area contributed by atoms with Crippen molar-refractivity contribution in [3.8, 4) is 0 Å². The molecule has 5 heteroatoms. The zero-order valence-electron chi connectivity index (χ0n) is 12.9. The van der Waals surface area contributed by atoms with Gasteiger partial charge in [0.2, 0.25) is 5.89 Å². The number of hydrogen-bond acceptors (Lipinski definition) is 5. The Kier molecular flexibility index (Phi) is 6.36. The SMILES string of the molecule is CNC(Cc1nc(CSC2CCCCC2)no1)C(C)C. The van der Waals surface area contributed by atoms with Gasteiger partial charge in [0.15, 0.2) is 5.82 Å². The highest BCUT2D eigenvalue weighted by molar-refractivity contribution is 7.99. The van der Waals surface area contributed by atoms with Crippen LogP contribution in [0.1, 0.15) is 57.7 Å². The van der Waals surface area contributed by atoms with E-state index in [9.17, 15) is 0 Å². The molecule has 1 saturated carbocycles. The number of thioether (sulfide) groups is 1. The molecule has 1 aromatic heterocycles. The highest BCUT2D eigenvalue weighted by Gasteiger charge is 2.18. The van der Waals surface area contributed by atoms with Crippen molar-refractivity contribution in [1.29, 1.82) is 0 Å². The first kappa shape index (κ1) is 15.8. The summed E-state index contributed by atoms with van der Waals surface area (Å²) >= 11 is 1.99. The van der Waals surface area contributed by atoms with Crippen LogP contribution in [0.3, 0.4) is 0 Å². The van der Waals surface area contributed by atoms with Crippen LogP contribution in [0.15, 0.2) is 4.52 Å². The summed E-state index contributed by atoms with van der Waals surface area (Å²) < 4.78 is 5.37. The number of likely N-dealkylation sites (N-methyl/N-ethyl adjacent to an activating group) is 1. The summed E-state index contributed by atoms with van der Waals surface area (Å²) in [6.45, 7) is 4.41. The van der Waals surface area contributed by atoms with Gasteiger partial charge in [-0.2, -0.15) is 16.7 Å². The molecule has 0 amide bonds. The maximum atomic E-state index is 5.37. The zero-order valence-corrected chi connectivity index (χ0v) is 13.7. The van der Waals surface area contributed by atoms with Crippen LogP contribution in [-0.4, -0.2) is 28.5 Å². The van der Waals surface area contributed by atoms with E-state index in [0.717, 1.165) is 29.1 Å². The van der Waals surface area contributed by atoms with Crippen LogP contribution in [0, 0.1) is 5.92 Å². The molecule has 114 valence electrons. The van der Waals surface area contributed by atoms with E-state index >= 15 is 0 Å². The fraction of sp³-hybridized carbons (Fsp3) is 0.867. The van der Waals surface area contributed by atoms with E-state index in [1.807, 2.05) is 18.8 Å². The summed E-state index contributed by atoms with van der Waals surface area (Å²) in [6, 6.07) is 0.397. The van der Waals surface area contributed by atoms with Crippen molar-refractivity contribution in [2.45, 2.75) is 69.4 Å². The van der Waals surface area contributed by atoms with Crippen molar-refractivity contribution >= 4 is 11.8 Å². The maximum absolute atomic E-state index is 5.37. The fourth-order valence-electron chi connectivity index (χ4n) is 2.72. The standard InChI is InChI=1S/C15H27N3OS/c1-11(2)13(16-3)9-15-17-14(18-19-15)10-20-12-7-5-4-6-8-12/h11-13,16H,4-10H2,1-3H3. The summed E-state index contributed by atoms with van der Waals surface area (Å²) in [5, 5.41) is 8.22. The van der Waals surface area contributed by atoms with Crippen molar-refractivity contribution in [3.05, 3.63) is 11.7 Å². The average molecular weight is 297 g/mol. The molecule has 0 aliphatic heterocycles. The average Bonchev–Trinajstić information content (AvgIpc) is 2.91. The first-order valence-electron chi connectivity index (χ1n) is 7.79. The van der Waals surface area contributed by atoms with Gasteiger partial charge in [-0.3, -0.25) is 0 Å². The molecule has 2 rings (SSSR count). The van der Waals surface area contributed by atoms with Crippen molar-refractivity contribution in [2.24, 2.45) is 5.92 Å². The molecule has 1 atom stereocenters. The molecule has 4 nitrogen and oxygen atoms in total. The molecule has 0 spiro atoms. The van der Waals surface area contributed by atoms with Gasteiger partial charge in [-0.15, -0.1) is 0 Å². The van der Waals surface area contributed by atoms with Gasteiger partial charge < -0.3 is 9.84 Å². The molecular formula is C15H27N3OS. The molecule has 1 N–H and O–H groups in total. The molecule has 0 aromatic carbocycles. The zero-order chi connectivity index (χ0) is 14.4. The minimum atomic E-state index is 0.397. The summed E-state index contributed by atoms with van der Waals surface area (Å²) in [5.74, 6) is 3.07. The van der Waals surface area contributed by atoms with Gasteiger partial charge in [0.25, 0.3) is 0 Å². The topological polar surface area (TPSA) is 51.0 Å². The predicted octanol–water partition coefficient (Wildman–Crippen LogP) is 3.42. The molecule has 0 radical (unpaired) electrons. The molecule has 1 heterocycles. The normalized spacial score (nSPS) is 18.6. The van der Waals surface area contributed by atoms with Crippen LogP contribution < -0.4 is 5.32 Å². The van der Waals surface area contributed by atoms with Gasteiger partial charge in [-0.25, -0.2) is 0 Å². The number of aromatic nitrogens is 2. The first-order chi connectivity index (χ1) is 9.69. The van der Waals surface area contributed by atoms with Gasteiger partial charge in [0.1, 0.15) is 0 Å². The minimum absolute atomic E-state index is 0.397. The van der Waals surface area contributed by atoms with Crippen LogP contribution in [0.4, 0.5) is 0 Å². The van der Waals surface area contributed by atoms with E-state index in [1.54, 1.807) is 0 Å². The van der Waals surface area contributed by atoms with E-state index < -0.39 is 0 Å². The summed E-state index contributed by atoms with van der Waals surface area (Å²) in [4.78, 5) is 4.53. The van der Waals surface area contributed by atoms with Crippen molar-refractivity contribution < 1.29 is 4.52 Å². The van der Waals surface area contributed by atoms with E-state index in [0.29, 0.717) is 12.0 Å². The summed E-state index contributed by atoms with van der Waals surface area (Å²) in [6.07, 6.45) is 7.69. The van der Waals surface area contributed by atoms with Crippen LogP contribution >= 0.6 is 11.8 Å². The molecule has 1 fully saturated rings. The number of rotatable bonds is 7. The second-order valence-electron chi connectivity index (χ2n) is 6.02. The molecular weight excluding hydrogens is 270 g/mol. The van der Waals surface area contributed by atoms with Crippen LogP contribution in [-0.2, 0) is 12.2 Å². The molecule has 0 saturated heterocycles. The van der Waals surface area contributed by atoms with Gasteiger partial charge in [0, 0.05) is 17.7 Å². The Hall–Kier alpha value is -0.550. The Morgan fingerprint density at radius 1 is 1.30 bits per heavy atom. The van der Waals surface area contributed by atoms with E-state index in [4.69, 9.17) is 4.52 Å². The molecule has 1 unspecified atom stereocenters. The van der Waals surface area contributed by atoms with Crippen molar-refractivity contribution in [3.63, 3.8) is 0 Å². The van der Waals surface area contributed by atoms with Gasteiger partial charge in [-0.05, 0) is 25.8 Å². The third kappa shape index (κ3) is 4.77. The van der Waals surface area contributed by atoms with Crippen molar-refractivity contribution in [2.75, 3.05) is 7.05 Å². The number of nitrogens with one attached hydrogen (secondary N) is 1. The Labute approximate surface area is 126 Å². The van der Waals surface area contributed by atoms with Gasteiger partial charge in [0.05, 0.1) is 5.75 Å². The Morgan fingerprint density at radius 3 is 2.70 bits per heavy atom. The second kappa shape index (κ2) is 8.03. The van der Waals surface area contributed by atoms with Crippen LogP contribution in [0.2, 0.25) is 0 Å². The largest absolute Gasteiger partial charge is 0.339 e. The second-order valence-corrected chi connectivity index (χ2v) is 7.31. The molecule has 0 bridgehead atoms. The monoisotopic (exact) mass is 297 g/mol.